The third-order valence-corrected chi connectivity index (χ3v) is 6.35. The molecule has 1 saturated carbocycles. The highest BCUT2D eigenvalue weighted by Crippen LogP contribution is 2.43. The molecule has 0 bridgehead atoms. The van der Waals surface area contributed by atoms with Crippen molar-refractivity contribution in [2.75, 3.05) is 7.05 Å². The average molecular weight is 275 g/mol. The van der Waals surface area contributed by atoms with Crippen molar-refractivity contribution in [1.29, 1.82) is 0 Å². The molecule has 0 radical (unpaired) electrons. The zero-order valence-corrected chi connectivity index (χ0v) is 12.9. The van der Waals surface area contributed by atoms with Gasteiger partial charge in [0.15, 0.2) is 0 Å². The first-order chi connectivity index (χ1) is 9.28. The van der Waals surface area contributed by atoms with Crippen LogP contribution in [-0.4, -0.2) is 17.5 Å². The predicted octanol–water partition coefficient (Wildman–Crippen LogP) is 4.18. The Morgan fingerprint density at radius 1 is 1.21 bits per heavy atom. The van der Waals surface area contributed by atoms with E-state index in [4.69, 9.17) is 0 Å². The van der Waals surface area contributed by atoms with Crippen molar-refractivity contribution in [3.63, 3.8) is 0 Å². The smallest absolute Gasteiger partial charge is 0.0444 e. The molecule has 4 unspecified atom stereocenters. The molecular weight excluding hydrogens is 250 g/mol. The molecule has 0 aliphatic heterocycles. The van der Waals surface area contributed by atoms with Gasteiger partial charge in [0.2, 0.25) is 0 Å². The number of hydrogen-bond donors (Lipinski definition) is 1. The van der Waals surface area contributed by atoms with E-state index >= 15 is 0 Å². The molecule has 1 fully saturated rings. The minimum absolute atomic E-state index is 0.554. The SMILES string of the molecule is CNC1c2ccccc2CC1SC1CCCC(C)C1. The van der Waals surface area contributed by atoms with Crippen molar-refractivity contribution < 1.29 is 0 Å². The summed E-state index contributed by atoms with van der Waals surface area (Å²) in [5.74, 6) is 0.933. The molecule has 0 aromatic heterocycles. The fourth-order valence-electron chi connectivity index (χ4n) is 3.78. The first kappa shape index (κ1) is 13.5. The molecule has 1 aromatic rings. The maximum absolute atomic E-state index is 3.55. The van der Waals surface area contributed by atoms with Gasteiger partial charge in [-0.1, -0.05) is 44.0 Å². The van der Waals surface area contributed by atoms with Crippen molar-refractivity contribution in [2.45, 2.75) is 55.6 Å². The lowest BCUT2D eigenvalue weighted by atomic mass is 9.91. The Hall–Kier alpha value is -0.470. The van der Waals surface area contributed by atoms with E-state index in [2.05, 4.69) is 55.3 Å². The summed E-state index contributed by atoms with van der Waals surface area (Å²) in [6.45, 7) is 2.42. The second-order valence-electron chi connectivity index (χ2n) is 6.24. The molecule has 2 aliphatic carbocycles. The maximum Gasteiger partial charge on any atom is 0.0444 e. The van der Waals surface area contributed by atoms with Crippen LogP contribution in [0.15, 0.2) is 24.3 Å². The Bertz CT molecular complexity index is 431. The quantitative estimate of drug-likeness (QED) is 0.888. The van der Waals surface area contributed by atoms with Crippen LogP contribution >= 0.6 is 11.8 Å². The molecule has 3 rings (SSSR count). The number of rotatable bonds is 3. The minimum atomic E-state index is 0.554. The Kier molecular flexibility index (Phi) is 4.18. The van der Waals surface area contributed by atoms with Crippen LogP contribution in [-0.2, 0) is 6.42 Å². The van der Waals surface area contributed by atoms with Gasteiger partial charge in [-0.2, -0.15) is 11.8 Å². The zero-order chi connectivity index (χ0) is 13.2. The third kappa shape index (κ3) is 2.85. The molecule has 1 aromatic carbocycles. The maximum atomic E-state index is 3.55. The van der Waals surface area contributed by atoms with E-state index in [0.717, 1.165) is 16.4 Å². The second-order valence-corrected chi connectivity index (χ2v) is 7.78. The van der Waals surface area contributed by atoms with Crippen molar-refractivity contribution in [2.24, 2.45) is 5.92 Å². The van der Waals surface area contributed by atoms with E-state index in [1.165, 1.54) is 37.7 Å². The fourth-order valence-corrected chi connectivity index (χ4v) is 5.73. The van der Waals surface area contributed by atoms with Gasteiger partial charge in [0, 0.05) is 16.5 Å². The molecule has 19 heavy (non-hydrogen) atoms. The molecule has 2 aliphatic rings. The monoisotopic (exact) mass is 275 g/mol. The standard InChI is InChI=1S/C17H25NS/c1-12-6-5-8-14(10-12)19-16-11-13-7-3-4-9-15(13)17(16)18-2/h3-4,7,9,12,14,16-18H,5-6,8,10-11H2,1-2H3. The van der Waals surface area contributed by atoms with Gasteiger partial charge in [-0.25, -0.2) is 0 Å². The number of thioether (sulfide) groups is 1. The molecule has 0 heterocycles. The molecular formula is C17H25NS. The Morgan fingerprint density at radius 3 is 2.84 bits per heavy atom. The molecule has 1 N–H and O–H groups in total. The lowest BCUT2D eigenvalue weighted by Gasteiger charge is -2.30. The van der Waals surface area contributed by atoms with E-state index in [9.17, 15) is 0 Å². The lowest BCUT2D eigenvalue weighted by Crippen LogP contribution is -2.27. The number of fused-ring (bicyclic) bond motifs is 1. The van der Waals surface area contributed by atoms with Gasteiger partial charge < -0.3 is 5.32 Å². The van der Waals surface area contributed by atoms with Crippen LogP contribution in [0.2, 0.25) is 0 Å². The molecule has 2 heteroatoms. The second kappa shape index (κ2) is 5.88. The summed E-state index contributed by atoms with van der Waals surface area (Å²) in [7, 11) is 2.11. The zero-order valence-electron chi connectivity index (χ0n) is 12.1. The van der Waals surface area contributed by atoms with Crippen LogP contribution in [0.3, 0.4) is 0 Å². The van der Waals surface area contributed by atoms with Crippen LogP contribution in [0.4, 0.5) is 0 Å². The van der Waals surface area contributed by atoms with Crippen molar-refractivity contribution in [3.05, 3.63) is 35.4 Å². The summed E-state index contributed by atoms with van der Waals surface area (Å²) < 4.78 is 0. The average Bonchev–Trinajstić information content (AvgIpc) is 2.75. The van der Waals surface area contributed by atoms with Crippen molar-refractivity contribution in [1.82, 2.24) is 5.32 Å². The first-order valence-electron chi connectivity index (χ1n) is 7.68. The van der Waals surface area contributed by atoms with Gasteiger partial charge in [-0.3, -0.25) is 0 Å². The third-order valence-electron chi connectivity index (χ3n) is 4.75. The molecule has 0 saturated heterocycles. The fraction of sp³-hybridized carbons (Fsp3) is 0.647. The summed E-state index contributed by atoms with van der Waals surface area (Å²) in [5, 5.41) is 5.17. The number of nitrogens with one attached hydrogen (secondary N) is 1. The van der Waals surface area contributed by atoms with Crippen LogP contribution in [0, 0.1) is 5.92 Å². The Labute approximate surface area is 121 Å². The van der Waals surface area contributed by atoms with E-state index in [1.807, 2.05) is 0 Å². The van der Waals surface area contributed by atoms with Gasteiger partial charge in [0.05, 0.1) is 0 Å². The summed E-state index contributed by atoms with van der Waals surface area (Å²) in [5.41, 5.74) is 3.09. The van der Waals surface area contributed by atoms with E-state index in [0.29, 0.717) is 6.04 Å². The number of hydrogen-bond acceptors (Lipinski definition) is 2. The first-order valence-corrected chi connectivity index (χ1v) is 8.62. The van der Waals surface area contributed by atoms with Gasteiger partial charge in [0.25, 0.3) is 0 Å². The highest BCUT2D eigenvalue weighted by molar-refractivity contribution is 8.00. The van der Waals surface area contributed by atoms with Gasteiger partial charge in [-0.05, 0) is 43.4 Å². The summed E-state index contributed by atoms with van der Waals surface area (Å²) in [6.07, 6.45) is 6.98. The predicted molar refractivity (Wildman–Crippen MR) is 84.7 cm³/mol. The minimum Gasteiger partial charge on any atom is -0.312 e. The topological polar surface area (TPSA) is 12.0 Å². The van der Waals surface area contributed by atoms with Crippen molar-refractivity contribution >= 4 is 11.8 Å². The molecule has 104 valence electrons. The molecule has 0 amide bonds. The van der Waals surface area contributed by atoms with Gasteiger partial charge in [-0.15, -0.1) is 0 Å². The van der Waals surface area contributed by atoms with Crippen LogP contribution in [0.5, 0.6) is 0 Å². The lowest BCUT2D eigenvalue weighted by molar-refractivity contribution is 0.393. The highest BCUT2D eigenvalue weighted by Gasteiger charge is 2.34. The number of benzene rings is 1. The van der Waals surface area contributed by atoms with E-state index in [1.54, 1.807) is 5.56 Å². The van der Waals surface area contributed by atoms with Gasteiger partial charge in [0.1, 0.15) is 0 Å². The largest absolute Gasteiger partial charge is 0.312 e. The molecule has 0 spiro atoms. The van der Waals surface area contributed by atoms with Crippen LogP contribution in [0.25, 0.3) is 0 Å². The summed E-state index contributed by atoms with van der Waals surface area (Å²) >= 11 is 2.26. The molecule has 1 nitrogen and oxygen atoms in total. The van der Waals surface area contributed by atoms with E-state index in [-0.39, 0.29) is 0 Å². The summed E-state index contributed by atoms with van der Waals surface area (Å²) in [4.78, 5) is 0. The van der Waals surface area contributed by atoms with Crippen LogP contribution in [0.1, 0.15) is 49.8 Å². The molecule has 4 atom stereocenters. The summed E-state index contributed by atoms with van der Waals surface area (Å²) in [6, 6.07) is 9.53. The van der Waals surface area contributed by atoms with Gasteiger partial charge >= 0.3 is 0 Å². The highest BCUT2D eigenvalue weighted by atomic mass is 32.2. The van der Waals surface area contributed by atoms with Crippen LogP contribution < -0.4 is 5.32 Å². The van der Waals surface area contributed by atoms with E-state index < -0.39 is 0 Å². The normalized spacial score (nSPS) is 34.2. The van der Waals surface area contributed by atoms with Crippen molar-refractivity contribution in [3.8, 4) is 0 Å². The Balaban J connectivity index is 1.69. The Morgan fingerprint density at radius 2 is 2.05 bits per heavy atom.